The van der Waals surface area contributed by atoms with Gasteiger partial charge >= 0.3 is 0 Å². The summed E-state index contributed by atoms with van der Waals surface area (Å²) in [6.45, 7) is 8.34. The first-order valence-electron chi connectivity index (χ1n) is 13.7. The van der Waals surface area contributed by atoms with Crippen LogP contribution < -0.4 is 21.3 Å². The first-order chi connectivity index (χ1) is 15.3. The van der Waals surface area contributed by atoms with E-state index in [9.17, 15) is 4.79 Å². The first kappa shape index (κ1) is 28.4. The molecule has 0 aromatic heterocycles. The summed E-state index contributed by atoms with van der Waals surface area (Å²) >= 11 is 0. The van der Waals surface area contributed by atoms with Crippen LogP contribution in [-0.4, -0.2) is 51.2 Å². The molecule has 1 aliphatic rings. The molecule has 0 aromatic rings. The van der Waals surface area contributed by atoms with Crippen LogP contribution in [0.5, 0.6) is 0 Å². The maximum absolute atomic E-state index is 12.4. The average Bonchev–Trinajstić information content (AvgIpc) is 2.77. The maximum Gasteiger partial charge on any atom is 0.221 e. The molecule has 184 valence electrons. The Morgan fingerprint density at radius 1 is 0.645 bits per heavy atom. The molecule has 0 unspecified atom stereocenters. The summed E-state index contributed by atoms with van der Waals surface area (Å²) < 4.78 is 0. The lowest BCUT2D eigenvalue weighted by molar-refractivity contribution is -0.121. The van der Waals surface area contributed by atoms with Crippen LogP contribution >= 0.6 is 0 Å². The van der Waals surface area contributed by atoms with Gasteiger partial charge in [0.1, 0.15) is 0 Å². The minimum atomic E-state index is 0.211. The highest BCUT2D eigenvalue weighted by molar-refractivity contribution is 5.76. The predicted octanol–water partition coefficient (Wildman–Crippen LogP) is 4.91. The second-order valence-electron chi connectivity index (χ2n) is 9.44. The van der Waals surface area contributed by atoms with Gasteiger partial charge in [-0.1, -0.05) is 77.6 Å². The summed E-state index contributed by atoms with van der Waals surface area (Å²) in [5.41, 5.74) is 0. The fraction of sp³-hybridized carbons (Fsp3) is 0.962. The number of hydrogen-bond acceptors (Lipinski definition) is 4. The number of carbonyl (C=O) groups is 1. The van der Waals surface area contributed by atoms with Crippen molar-refractivity contribution in [2.45, 2.75) is 122 Å². The van der Waals surface area contributed by atoms with Crippen molar-refractivity contribution in [1.29, 1.82) is 0 Å². The molecule has 1 atom stereocenters. The number of carbonyl (C=O) groups excluding carboxylic acids is 1. The molecular formula is C26H54N4O. The summed E-state index contributed by atoms with van der Waals surface area (Å²) in [5.74, 6) is 0.211. The Kier molecular flexibility index (Phi) is 20.6. The Labute approximate surface area is 193 Å². The zero-order chi connectivity index (χ0) is 22.2. The molecule has 0 radical (unpaired) electrons. The number of amides is 1. The molecule has 0 saturated carbocycles. The van der Waals surface area contributed by atoms with Crippen molar-refractivity contribution in [2.75, 3.05) is 39.3 Å². The van der Waals surface area contributed by atoms with Crippen LogP contribution in [0.15, 0.2) is 0 Å². The van der Waals surface area contributed by atoms with Crippen LogP contribution in [0.4, 0.5) is 0 Å². The van der Waals surface area contributed by atoms with Crippen molar-refractivity contribution >= 4 is 5.91 Å². The van der Waals surface area contributed by atoms with Gasteiger partial charge in [0.05, 0.1) is 0 Å². The first-order valence-corrected chi connectivity index (χ1v) is 13.7. The van der Waals surface area contributed by atoms with Crippen molar-refractivity contribution in [1.82, 2.24) is 21.3 Å². The molecule has 0 aliphatic carbocycles. The van der Waals surface area contributed by atoms with Gasteiger partial charge in [-0.2, -0.15) is 0 Å². The predicted molar refractivity (Wildman–Crippen MR) is 135 cm³/mol. The zero-order valence-corrected chi connectivity index (χ0v) is 20.7. The van der Waals surface area contributed by atoms with E-state index >= 15 is 0 Å². The summed E-state index contributed by atoms with van der Waals surface area (Å²) in [6.07, 6.45) is 21.5. The highest BCUT2D eigenvalue weighted by Gasteiger charge is 2.13. The number of nitrogens with one attached hydrogen (secondary N) is 4. The van der Waals surface area contributed by atoms with E-state index in [1.54, 1.807) is 0 Å². The van der Waals surface area contributed by atoms with Gasteiger partial charge < -0.3 is 21.3 Å². The summed E-state index contributed by atoms with van der Waals surface area (Å²) in [5, 5.41) is 13.8. The molecule has 0 bridgehead atoms. The highest BCUT2D eigenvalue weighted by atomic mass is 16.1. The van der Waals surface area contributed by atoms with Crippen molar-refractivity contribution in [3.8, 4) is 0 Å². The third-order valence-electron chi connectivity index (χ3n) is 6.36. The monoisotopic (exact) mass is 438 g/mol. The maximum atomic E-state index is 12.4. The van der Waals surface area contributed by atoms with Crippen molar-refractivity contribution < 1.29 is 4.79 Å². The van der Waals surface area contributed by atoms with E-state index in [1.165, 1.54) is 83.5 Å². The third-order valence-corrected chi connectivity index (χ3v) is 6.36. The fourth-order valence-corrected chi connectivity index (χ4v) is 4.34. The highest BCUT2D eigenvalue weighted by Crippen LogP contribution is 2.13. The van der Waals surface area contributed by atoms with E-state index in [0.29, 0.717) is 12.5 Å². The molecule has 31 heavy (non-hydrogen) atoms. The smallest absolute Gasteiger partial charge is 0.221 e. The third kappa shape index (κ3) is 19.7. The molecule has 1 amide bonds. The fourth-order valence-electron chi connectivity index (χ4n) is 4.34. The summed E-state index contributed by atoms with van der Waals surface area (Å²) in [7, 11) is 0. The SMILES string of the molecule is CCCCCCCCCCCCC[C@H]1CC(=O)NCCCNCCCCNCCCN1. The molecule has 4 N–H and O–H groups in total. The largest absolute Gasteiger partial charge is 0.356 e. The second kappa shape index (κ2) is 22.5. The Morgan fingerprint density at radius 2 is 1.16 bits per heavy atom. The van der Waals surface area contributed by atoms with E-state index in [4.69, 9.17) is 0 Å². The van der Waals surface area contributed by atoms with Crippen molar-refractivity contribution in [3.63, 3.8) is 0 Å². The Hall–Kier alpha value is -0.650. The number of rotatable bonds is 12. The van der Waals surface area contributed by atoms with Gasteiger partial charge in [0.2, 0.25) is 5.91 Å². The lowest BCUT2D eigenvalue weighted by Crippen LogP contribution is -2.37. The lowest BCUT2D eigenvalue weighted by Gasteiger charge is -2.19. The van der Waals surface area contributed by atoms with E-state index in [-0.39, 0.29) is 5.91 Å². The number of unbranched alkanes of at least 4 members (excludes halogenated alkanes) is 10. The molecule has 1 rings (SSSR count). The van der Waals surface area contributed by atoms with Crippen LogP contribution in [0.3, 0.4) is 0 Å². The van der Waals surface area contributed by atoms with E-state index in [0.717, 1.165) is 58.5 Å². The van der Waals surface area contributed by atoms with E-state index in [1.807, 2.05) is 0 Å². The summed E-state index contributed by atoms with van der Waals surface area (Å²) in [4.78, 5) is 12.4. The normalized spacial score (nSPS) is 20.8. The molecule has 1 heterocycles. The Morgan fingerprint density at radius 3 is 1.77 bits per heavy atom. The number of hydrogen-bond donors (Lipinski definition) is 4. The molecule has 0 aromatic carbocycles. The second-order valence-corrected chi connectivity index (χ2v) is 9.44. The summed E-state index contributed by atoms with van der Waals surface area (Å²) in [6, 6.07) is 0.326. The molecule has 5 nitrogen and oxygen atoms in total. The Balaban J connectivity index is 2.16. The average molecular weight is 439 g/mol. The molecule has 1 saturated heterocycles. The van der Waals surface area contributed by atoms with Gasteiger partial charge in [-0.25, -0.2) is 0 Å². The van der Waals surface area contributed by atoms with E-state index < -0.39 is 0 Å². The standard InChI is InChI=1S/C26H54N4O/c1-2-3-4-5-6-7-8-9-10-11-12-17-25-24-26(31)30-23-16-21-28-19-14-13-18-27-20-15-22-29-25/h25,27-29H,2-24H2,1H3,(H,30,31)/t25-/m0/s1. The minimum absolute atomic E-state index is 0.211. The van der Waals surface area contributed by atoms with Gasteiger partial charge in [-0.3, -0.25) is 4.79 Å². The zero-order valence-electron chi connectivity index (χ0n) is 20.7. The van der Waals surface area contributed by atoms with Gasteiger partial charge in [0.25, 0.3) is 0 Å². The van der Waals surface area contributed by atoms with Crippen LogP contribution in [0.25, 0.3) is 0 Å². The lowest BCUT2D eigenvalue weighted by atomic mass is 10.0. The molecule has 1 fully saturated rings. The molecule has 0 spiro atoms. The Bertz CT molecular complexity index is 392. The minimum Gasteiger partial charge on any atom is -0.356 e. The van der Waals surface area contributed by atoms with Gasteiger partial charge in [-0.05, 0) is 64.8 Å². The van der Waals surface area contributed by atoms with Crippen LogP contribution in [0.1, 0.15) is 116 Å². The topological polar surface area (TPSA) is 65.2 Å². The quantitative estimate of drug-likeness (QED) is 0.327. The van der Waals surface area contributed by atoms with E-state index in [2.05, 4.69) is 28.2 Å². The van der Waals surface area contributed by atoms with Crippen LogP contribution in [0, 0.1) is 0 Å². The van der Waals surface area contributed by atoms with Gasteiger partial charge in [0.15, 0.2) is 0 Å². The van der Waals surface area contributed by atoms with Gasteiger partial charge in [0, 0.05) is 19.0 Å². The molecule has 1 aliphatic heterocycles. The van der Waals surface area contributed by atoms with Crippen molar-refractivity contribution in [2.24, 2.45) is 0 Å². The van der Waals surface area contributed by atoms with Crippen LogP contribution in [-0.2, 0) is 4.79 Å². The van der Waals surface area contributed by atoms with Crippen molar-refractivity contribution in [3.05, 3.63) is 0 Å². The molecule has 5 heteroatoms. The van der Waals surface area contributed by atoms with Crippen LogP contribution in [0.2, 0.25) is 0 Å². The molecular weight excluding hydrogens is 384 g/mol. The van der Waals surface area contributed by atoms with Gasteiger partial charge in [-0.15, -0.1) is 0 Å².